The second-order valence-electron chi connectivity index (χ2n) is 12.7. The van der Waals surface area contributed by atoms with E-state index in [9.17, 15) is 19.2 Å². The van der Waals surface area contributed by atoms with Crippen LogP contribution in [-0.4, -0.2) is 47.1 Å². The molecule has 5 aliphatic rings. The van der Waals surface area contributed by atoms with E-state index in [0.29, 0.717) is 12.8 Å². The van der Waals surface area contributed by atoms with Gasteiger partial charge in [-0.2, -0.15) is 0 Å². The Morgan fingerprint density at radius 2 is 1.76 bits per heavy atom. The first kappa shape index (κ1) is 24.6. The molecule has 6 rings (SSSR count). The Balaban J connectivity index is 1.54. The van der Waals surface area contributed by atoms with Crippen LogP contribution in [0.5, 0.6) is 0 Å². The molecule has 2 aliphatic carbocycles. The molecule has 9 atom stereocenters. The molecule has 0 aromatic carbocycles. The molecule has 0 bridgehead atoms. The molecule has 9 nitrogen and oxygen atoms in total. The highest BCUT2D eigenvalue weighted by atomic mass is 16.7. The number of carbonyl (C=O) groups excluding carboxylic acids is 4. The number of ketones is 1. The average molecular weight is 515 g/mol. The largest absolute Gasteiger partial charge is 0.472 e. The molecule has 9 heteroatoms. The van der Waals surface area contributed by atoms with Gasteiger partial charge in [-0.25, -0.2) is 4.79 Å². The summed E-state index contributed by atoms with van der Waals surface area (Å²) in [5.41, 5.74) is -3.88. The number of rotatable bonds is 2. The highest BCUT2D eigenvalue weighted by Crippen LogP contribution is 2.78. The number of carbonyl (C=O) groups is 4. The normalized spacial score (nSPS) is 47.7. The number of hydrogen-bond donors (Lipinski definition) is 0. The van der Waals surface area contributed by atoms with Gasteiger partial charge >= 0.3 is 17.9 Å². The standard InChI is InChI=1S/C28H34O9/c1-14(29)34-19-12-20(31)36-24(2,3)17-11-18(30)27(6)16(26(17,19)5)7-9-25(4)21(15-8-10-33-13-15)35-23(32)22-28(25,27)37-22/h8,10,13,16-17,19,21-22H,7,9,11-12H2,1-6H3/t16-,17-,19-,21-,22+,25+,26-,27-,28+/m0/s1. The minimum atomic E-state index is -1.09. The summed E-state index contributed by atoms with van der Waals surface area (Å²) in [6.45, 7) is 11.0. The molecule has 1 aromatic heterocycles. The van der Waals surface area contributed by atoms with E-state index in [1.807, 2.05) is 34.6 Å². The van der Waals surface area contributed by atoms with Gasteiger partial charge in [0.1, 0.15) is 29.2 Å². The van der Waals surface area contributed by atoms with Crippen LogP contribution in [0.1, 0.15) is 78.9 Å². The SMILES string of the molecule is CC(=O)O[C@H]1CC(=O)OC(C)(C)[C@@H]2CC(=O)[C@]3(C)[C@@H](CC[C@]4(C)[C@H](c5ccoc5)OC(=O)[C@H]5O[C@]543)[C@]12C. The summed E-state index contributed by atoms with van der Waals surface area (Å²) in [5.74, 6) is -2.18. The average Bonchev–Trinajstić information content (AvgIpc) is 3.38. The number of ether oxygens (including phenoxy) is 4. The van der Waals surface area contributed by atoms with Crippen LogP contribution < -0.4 is 0 Å². The summed E-state index contributed by atoms with van der Waals surface area (Å²) >= 11 is 0. The van der Waals surface area contributed by atoms with Gasteiger partial charge in [-0.05, 0) is 45.6 Å². The molecule has 5 fully saturated rings. The van der Waals surface area contributed by atoms with E-state index in [-0.39, 0.29) is 30.5 Å². The Morgan fingerprint density at radius 3 is 2.41 bits per heavy atom. The van der Waals surface area contributed by atoms with Crippen LogP contribution in [0.4, 0.5) is 0 Å². The van der Waals surface area contributed by atoms with Gasteiger partial charge < -0.3 is 23.4 Å². The first-order valence-corrected chi connectivity index (χ1v) is 13.1. The summed E-state index contributed by atoms with van der Waals surface area (Å²) in [4.78, 5) is 52.7. The zero-order chi connectivity index (χ0) is 26.8. The second-order valence-corrected chi connectivity index (χ2v) is 12.7. The second kappa shape index (κ2) is 7.24. The maximum absolute atomic E-state index is 14.4. The van der Waals surface area contributed by atoms with Crippen LogP contribution in [0.2, 0.25) is 0 Å². The quantitative estimate of drug-likeness (QED) is 0.330. The van der Waals surface area contributed by atoms with Crippen LogP contribution in [0.25, 0.3) is 0 Å². The predicted octanol–water partition coefficient (Wildman–Crippen LogP) is 3.69. The van der Waals surface area contributed by atoms with Gasteiger partial charge in [0.25, 0.3) is 0 Å². The summed E-state index contributed by atoms with van der Waals surface area (Å²) in [6, 6.07) is 1.78. The minimum absolute atomic E-state index is 0.0263. The Morgan fingerprint density at radius 1 is 1.03 bits per heavy atom. The third-order valence-electron chi connectivity index (χ3n) is 10.8. The van der Waals surface area contributed by atoms with Gasteiger partial charge in [0, 0.05) is 35.7 Å². The summed E-state index contributed by atoms with van der Waals surface area (Å²) in [5, 5.41) is 0. The molecule has 4 heterocycles. The van der Waals surface area contributed by atoms with Crippen molar-refractivity contribution in [3.05, 3.63) is 24.2 Å². The summed E-state index contributed by atoms with van der Waals surface area (Å²) in [7, 11) is 0. The lowest BCUT2D eigenvalue weighted by Crippen LogP contribution is -2.72. The van der Waals surface area contributed by atoms with Crippen LogP contribution in [0.15, 0.2) is 23.0 Å². The fourth-order valence-corrected chi connectivity index (χ4v) is 9.24. The molecule has 37 heavy (non-hydrogen) atoms. The topological polar surface area (TPSA) is 122 Å². The van der Waals surface area contributed by atoms with E-state index in [1.54, 1.807) is 12.3 Å². The molecular weight excluding hydrogens is 480 g/mol. The van der Waals surface area contributed by atoms with Crippen molar-refractivity contribution in [1.29, 1.82) is 0 Å². The Labute approximate surface area is 215 Å². The Hall–Kier alpha value is -2.68. The van der Waals surface area contributed by atoms with Crippen LogP contribution in [0.3, 0.4) is 0 Å². The molecular formula is C28H34O9. The minimum Gasteiger partial charge on any atom is -0.472 e. The van der Waals surface area contributed by atoms with E-state index in [1.165, 1.54) is 13.2 Å². The molecule has 0 unspecified atom stereocenters. The number of esters is 3. The molecule has 0 radical (unpaired) electrons. The van der Waals surface area contributed by atoms with Crippen molar-refractivity contribution in [3.8, 4) is 0 Å². The number of Topliss-reactive ketones (excluding diaryl/α,β-unsaturated/α-hetero) is 1. The van der Waals surface area contributed by atoms with E-state index >= 15 is 0 Å². The number of furan rings is 1. The molecule has 2 saturated carbocycles. The first-order valence-electron chi connectivity index (χ1n) is 13.1. The van der Waals surface area contributed by atoms with Crippen molar-refractivity contribution in [2.45, 2.75) is 96.7 Å². The molecule has 200 valence electrons. The maximum atomic E-state index is 14.4. The van der Waals surface area contributed by atoms with Crippen LogP contribution in [-0.2, 0) is 38.1 Å². The number of epoxide rings is 1. The lowest BCUT2D eigenvalue weighted by molar-refractivity contribution is -0.234. The molecule has 1 aromatic rings. The zero-order valence-electron chi connectivity index (χ0n) is 22.1. The highest BCUT2D eigenvalue weighted by molar-refractivity contribution is 5.93. The van der Waals surface area contributed by atoms with E-state index in [4.69, 9.17) is 23.4 Å². The van der Waals surface area contributed by atoms with Gasteiger partial charge in [-0.15, -0.1) is 0 Å². The molecule has 3 saturated heterocycles. The molecule has 0 N–H and O–H groups in total. The van der Waals surface area contributed by atoms with Crippen LogP contribution >= 0.6 is 0 Å². The van der Waals surface area contributed by atoms with Gasteiger partial charge in [0.05, 0.1) is 24.4 Å². The maximum Gasteiger partial charge on any atom is 0.339 e. The van der Waals surface area contributed by atoms with Crippen molar-refractivity contribution in [1.82, 2.24) is 0 Å². The zero-order valence-corrected chi connectivity index (χ0v) is 22.1. The fourth-order valence-electron chi connectivity index (χ4n) is 9.24. The van der Waals surface area contributed by atoms with E-state index < -0.39 is 63.7 Å². The van der Waals surface area contributed by atoms with Crippen molar-refractivity contribution in [3.63, 3.8) is 0 Å². The third kappa shape index (κ3) is 2.79. The Kier molecular flexibility index (Phi) is 4.82. The van der Waals surface area contributed by atoms with Crippen molar-refractivity contribution < 1.29 is 42.5 Å². The van der Waals surface area contributed by atoms with Gasteiger partial charge in [0.2, 0.25) is 0 Å². The number of cyclic esters (lactones) is 2. The van der Waals surface area contributed by atoms with Gasteiger partial charge in [-0.3, -0.25) is 14.4 Å². The third-order valence-corrected chi connectivity index (χ3v) is 10.8. The molecule has 3 aliphatic heterocycles. The van der Waals surface area contributed by atoms with Crippen molar-refractivity contribution in [2.75, 3.05) is 0 Å². The van der Waals surface area contributed by atoms with E-state index in [2.05, 4.69) is 0 Å². The predicted molar refractivity (Wildman–Crippen MR) is 126 cm³/mol. The summed E-state index contributed by atoms with van der Waals surface area (Å²) < 4.78 is 29.3. The van der Waals surface area contributed by atoms with Gasteiger partial charge in [-0.1, -0.05) is 13.8 Å². The monoisotopic (exact) mass is 514 g/mol. The lowest BCUT2D eigenvalue weighted by atomic mass is 9.37. The smallest absolute Gasteiger partial charge is 0.339 e. The summed E-state index contributed by atoms with van der Waals surface area (Å²) in [6.07, 6.45) is 2.06. The van der Waals surface area contributed by atoms with Gasteiger partial charge in [0.15, 0.2) is 6.10 Å². The first-order chi connectivity index (χ1) is 17.2. The van der Waals surface area contributed by atoms with E-state index in [0.717, 1.165) is 5.56 Å². The Bertz CT molecular complexity index is 1200. The fraction of sp³-hybridized carbons (Fsp3) is 0.714. The molecule has 0 amide bonds. The van der Waals surface area contributed by atoms with Crippen molar-refractivity contribution in [2.24, 2.45) is 28.1 Å². The lowest BCUT2D eigenvalue weighted by Gasteiger charge is -2.66. The highest BCUT2D eigenvalue weighted by Gasteiger charge is 2.88. The van der Waals surface area contributed by atoms with Crippen LogP contribution in [0, 0.1) is 28.1 Å². The number of hydrogen-bond acceptors (Lipinski definition) is 9. The van der Waals surface area contributed by atoms with Crippen molar-refractivity contribution >= 4 is 23.7 Å². The molecule has 1 spiro atoms. The number of fused-ring (bicyclic) bond motifs is 3.